The third-order valence-electron chi connectivity index (χ3n) is 4.30. The highest BCUT2D eigenvalue weighted by atomic mass is 79.9. The van der Waals surface area contributed by atoms with Crippen LogP contribution in [0.5, 0.6) is 5.75 Å². The molecule has 0 spiro atoms. The minimum absolute atomic E-state index is 0. The highest BCUT2D eigenvalue weighted by Crippen LogP contribution is 2.37. The molecule has 0 aliphatic carbocycles. The highest BCUT2D eigenvalue weighted by molar-refractivity contribution is 8.93. The number of fused-ring (bicyclic) bond motifs is 2. The van der Waals surface area contributed by atoms with Crippen LogP contribution in [0.4, 0.5) is 0 Å². The Morgan fingerprint density at radius 3 is 2.63 bits per heavy atom. The van der Waals surface area contributed by atoms with Crippen LogP contribution in [0, 0.1) is 0 Å². The maximum absolute atomic E-state index is 11.1. The van der Waals surface area contributed by atoms with E-state index in [-0.39, 0.29) is 35.8 Å². The molecule has 1 N–H and O–H groups in total. The molecule has 3 rings (SSSR count). The van der Waals surface area contributed by atoms with Gasteiger partial charge in [-0.25, -0.2) is 0 Å². The summed E-state index contributed by atoms with van der Waals surface area (Å²) in [4.78, 5) is 13.2. The standard InChI is InChI=1S/C21H23NO3.BrH.ClH/c1-22(2)11-5-8-18-17-7-4-3-6-16(17)14-25-20-10-9-15(12-19(18)20)13-21(23)24;;/h3-4,6-10,12H,5,11,13-14H2,1-2H3,(H,23,24);2*1H. The van der Waals surface area contributed by atoms with Crippen molar-refractivity contribution in [1.29, 1.82) is 0 Å². The second kappa shape index (κ2) is 10.5. The molecule has 6 heteroatoms. The Balaban J connectivity index is 0.00000182. The second-order valence-corrected chi connectivity index (χ2v) is 6.56. The summed E-state index contributed by atoms with van der Waals surface area (Å²) in [6, 6.07) is 13.9. The lowest BCUT2D eigenvalue weighted by atomic mass is 9.92. The monoisotopic (exact) mass is 453 g/mol. The first-order chi connectivity index (χ1) is 12.0. The van der Waals surface area contributed by atoms with Gasteiger partial charge in [0.1, 0.15) is 12.4 Å². The molecule has 0 bridgehead atoms. The van der Waals surface area contributed by atoms with Crippen molar-refractivity contribution in [1.82, 2.24) is 4.90 Å². The van der Waals surface area contributed by atoms with Gasteiger partial charge in [-0.3, -0.25) is 4.79 Å². The van der Waals surface area contributed by atoms with Crippen molar-refractivity contribution >= 4 is 40.9 Å². The molecule has 0 atom stereocenters. The van der Waals surface area contributed by atoms with E-state index in [0.717, 1.165) is 46.5 Å². The van der Waals surface area contributed by atoms with Gasteiger partial charge in [-0.15, -0.1) is 29.4 Å². The Bertz CT molecular complexity index is 821. The molecular formula is C21H25BrClNO3. The molecule has 0 unspecified atom stereocenters. The molecule has 27 heavy (non-hydrogen) atoms. The van der Waals surface area contributed by atoms with Crippen molar-refractivity contribution in [3.05, 3.63) is 70.8 Å². The van der Waals surface area contributed by atoms with Crippen LogP contribution in [0.15, 0.2) is 48.5 Å². The summed E-state index contributed by atoms with van der Waals surface area (Å²) >= 11 is 0. The van der Waals surface area contributed by atoms with Gasteiger partial charge in [0, 0.05) is 12.1 Å². The highest BCUT2D eigenvalue weighted by Gasteiger charge is 2.19. The zero-order chi connectivity index (χ0) is 17.8. The predicted octanol–water partition coefficient (Wildman–Crippen LogP) is 4.59. The molecule has 1 aliphatic heterocycles. The van der Waals surface area contributed by atoms with Crippen molar-refractivity contribution in [3.63, 3.8) is 0 Å². The number of carboxylic acid groups (broad SMARTS) is 1. The zero-order valence-electron chi connectivity index (χ0n) is 15.5. The van der Waals surface area contributed by atoms with Gasteiger partial charge in [0.05, 0.1) is 6.42 Å². The fourth-order valence-corrected chi connectivity index (χ4v) is 3.09. The second-order valence-electron chi connectivity index (χ2n) is 6.56. The summed E-state index contributed by atoms with van der Waals surface area (Å²) in [6.07, 6.45) is 3.16. The molecule has 2 aromatic carbocycles. The number of rotatable bonds is 5. The normalized spacial score (nSPS) is 13.5. The van der Waals surface area contributed by atoms with Crippen LogP contribution < -0.4 is 4.74 Å². The number of nitrogens with zero attached hydrogens (tertiary/aromatic N) is 1. The number of aliphatic carboxylic acids is 1. The third-order valence-corrected chi connectivity index (χ3v) is 4.30. The van der Waals surface area contributed by atoms with E-state index in [1.807, 2.05) is 30.3 Å². The number of carbonyl (C=O) groups is 1. The van der Waals surface area contributed by atoms with Crippen LogP contribution >= 0.6 is 29.4 Å². The predicted molar refractivity (Wildman–Crippen MR) is 116 cm³/mol. The first-order valence-corrected chi connectivity index (χ1v) is 8.45. The first kappa shape index (κ1) is 23.2. The molecule has 146 valence electrons. The van der Waals surface area contributed by atoms with Crippen molar-refractivity contribution in [2.45, 2.75) is 19.4 Å². The third kappa shape index (κ3) is 5.83. The summed E-state index contributed by atoms with van der Waals surface area (Å²) in [5, 5.41) is 9.10. The van der Waals surface area contributed by atoms with Crippen LogP contribution in [-0.4, -0.2) is 36.6 Å². The van der Waals surface area contributed by atoms with Crippen molar-refractivity contribution in [3.8, 4) is 5.75 Å². The topological polar surface area (TPSA) is 49.8 Å². The van der Waals surface area contributed by atoms with Crippen LogP contribution in [0.25, 0.3) is 5.57 Å². The van der Waals surface area contributed by atoms with Gasteiger partial charge in [0.2, 0.25) is 0 Å². The molecule has 0 amide bonds. The number of ether oxygens (including phenoxy) is 1. The first-order valence-electron chi connectivity index (χ1n) is 8.45. The lowest BCUT2D eigenvalue weighted by Gasteiger charge is -2.13. The number of halogens is 2. The van der Waals surface area contributed by atoms with E-state index in [1.54, 1.807) is 0 Å². The summed E-state index contributed by atoms with van der Waals surface area (Å²) in [5.74, 6) is -0.0190. The molecule has 1 heterocycles. The van der Waals surface area contributed by atoms with Gasteiger partial charge < -0.3 is 14.7 Å². The summed E-state index contributed by atoms with van der Waals surface area (Å²) in [7, 11) is 4.11. The fraction of sp³-hybridized carbons (Fsp3) is 0.286. The summed E-state index contributed by atoms with van der Waals surface area (Å²) in [6.45, 7) is 1.48. The van der Waals surface area contributed by atoms with Crippen LogP contribution in [0.3, 0.4) is 0 Å². The Morgan fingerprint density at radius 2 is 1.93 bits per heavy atom. The SMILES string of the molecule is Br.CN(C)CCC=C1c2ccccc2COc2ccc(CC(=O)O)cc21.Cl. The van der Waals surface area contributed by atoms with Crippen LogP contribution in [0.2, 0.25) is 0 Å². The Hall–Kier alpha value is -1.82. The number of hydrogen-bond donors (Lipinski definition) is 1. The Morgan fingerprint density at radius 1 is 1.19 bits per heavy atom. The minimum Gasteiger partial charge on any atom is -0.488 e. The van der Waals surface area contributed by atoms with E-state index >= 15 is 0 Å². The smallest absolute Gasteiger partial charge is 0.307 e. The Labute approximate surface area is 177 Å². The average Bonchev–Trinajstić information content (AvgIpc) is 2.72. The Kier molecular flexibility index (Phi) is 9.03. The van der Waals surface area contributed by atoms with Gasteiger partial charge >= 0.3 is 5.97 Å². The molecule has 1 aliphatic rings. The molecule has 4 nitrogen and oxygen atoms in total. The van der Waals surface area contributed by atoms with E-state index in [2.05, 4.69) is 37.2 Å². The largest absolute Gasteiger partial charge is 0.488 e. The number of carboxylic acids is 1. The van der Waals surface area contributed by atoms with E-state index in [9.17, 15) is 4.79 Å². The maximum atomic E-state index is 11.1. The van der Waals surface area contributed by atoms with E-state index in [1.165, 1.54) is 0 Å². The van der Waals surface area contributed by atoms with Gasteiger partial charge in [-0.05, 0) is 54.9 Å². The fourth-order valence-electron chi connectivity index (χ4n) is 3.09. The lowest BCUT2D eigenvalue weighted by molar-refractivity contribution is -0.136. The molecular weight excluding hydrogens is 430 g/mol. The number of hydrogen-bond acceptors (Lipinski definition) is 3. The molecule has 0 radical (unpaired) electrons. The minimum atomic E-state index is -0.826. The molecule has 0 saturated carbocycles. The number of benzene rings is 2. The van der Waals surface area contributed by atoms with Gasteiger partial charge in [-0.2, -0.15) is 0 Å². The summed E-state index contributed by atoms with van der Waals surface area (Å²) in [5.41, 5.74) is 5.19. The van der Waals surface area contributed by atoms with E-state index in [4.69, 9.17) is 9.84 Å². The van der Waals surface area contributed by atoms with E-state index in [0.29, 0.717) is 6.61 Å². The van der Waals surface area contributed by atoms with Crippen molar-refractivity contribution in [2.75, 3.05) is 20.6 Å². The van der Waals surface area contributed by atoms with E-state index < -0.39 is 5.97 Å². The summed E-state index contributed by atoms with van der Waals surface area (Å²) < 4.78 is 5.99. The van der Waals surface area contributed by atoms with Crippen molar-refractivity contribution < 1.29 is 14.6 Å². The van der Waals surface area contributed by atoms with Crippen molar-refractivity contribution in [2.24, 2.45) is 0 Å². The molecule has 0 aromatic heterocycles. The van der Waals surface area contributed by atoms with Gasteiger partial charge in [0.25, 0.3) is 0 Å². The lowest BCUT2D eigenvalue weighted by Crippen LogP contribution is -2.12. The van der Waals surface area contributed by atoms with Crippen LogP contribution in [0.1, 0.15) is 28.7 Å². The quantitative estimate of drug-likeness (QED) is 0.718. The zero-order valence-corrected chi connectivity index (χ0v) is 18.0. The molecule has 2 aromatic rings. The maximum Gasteiger partial charge on any atom is 0.307 e. The molecule has 0 saturated heterocycles. The molecule has 0 fully saturated rings. The van der Waals surface area contributed by atoms with Crippen LogP contribution in [-0.2, 0) is 17.8 Å². The average molecular weight is 455 g/mol. The van der Waals surface area contributed by atoms with Gasteiger partial charge in [0.15, 0.2) is 0 Å². The van der Waals surface area contributed by atoms with Gasteiger partial charge in [-0.1, -0.05) is 36.4 Å².